The Balaban J connectivity index is 1.29. The lowest BCUT2D eigenvalue weighted by Crippen LogP contribution is -2.51. The van der Waals surface area contributed by atoms with Crippen LogP contribution in [0.1, 0.15) is 58.8 Å². The number of halogens is 2. The Morgan fingerprint density at radius 1 is 1.00 bits per heavy atom. The molecule has 2 aliphatic rings. The third-order valence-electron chi connectivity index (χ3n) is 6.64. The van der Waals surface area contributed by atoms with Crippen LogP contribution in [0.3, 0.4) is 0 Å². The van der Waals surface area contributed by atoms with Gasteiger partial charge in [0.25, 0.3) is 0 Å². The number of hydrogen-bond donors (Lipinski definition) is 0. The van der Waals surface area contributed by atoms with Crippen LogP contribution >= 0.6 is 0 Å². The third-order valence-corrected chi connectivity index (χ3v) is 6.64. The molecule has 1 saturated carbocycles. The number of carbonyl (C=O) groups excluding carboxylic acids is 1. The predicted octanol–water partition coefficient (Wildman–Crippen LogP) is 6.15. The van der Waals surface area contributed by atoms with Gasteiger partial charge in [0.05, 0.1) is 18.2 Å². The summed E-state index contributed by atoms with van der Waals surface area (Å²) >= 11 is 0. The second-order valence-electron chi connectivity index (χ2n) is 9.17. The van der Waals surface area contributed by atoms with E-state index in [0.717, 1.165) is 37.1 Å². The lowest BCUT2D eigenvalue weighted by molar-refractivity contribution is 0.0365. The molecule has 0 spiro atoms. The van der Waals surface area contributed by atoms with Gasteiger partial charge in [-0.1, -0.05) is 48.5 Å². The van der Waals surface area contributed by atoms with E-state index in [1.165, 1.54) is 19.1 Å². The zero-order valence-corrected chi connectivity index (χ0v) is 18.6. The molecule has 3 aromatic rings. The summed E-state index contributed by atoms with van der Waals surface area (Å²) in [6, 6.07) is 19.8. The summed E-state index contributed by atoms with van der Waals surface area (Å²) in [5, 5.41) is 0. The highest BCUT2D eigenvalue weighted by molar-refractivity contribution is 5.94. The molecule has 0 bridgehead atoms. The number of Topliss-reactive ketones (excluding diaryl/α,β-unsaturated/α-hetero) is 1. The highest BCUT2D eigenvalue weighted by Gasteiger charge is 2.36. The van der Waals surface area contributed by atoms with Crippen molar-refractivity contribution >= 4 is 5.78 Å². The Bertz CT molecular complexity index is 1150. The molecule has 1 saturated heterocycles. The van der Waals surface area contributed by atoms with E-state index < -0.39 is 5.82 Å². The normalized spacial score (nSPS) is 17.4. The first-order valence-electron chi connectivity index (χ1n) is 11.5. The van der Waals surface area contributed by atoms with Crippen molar-refractivity contribution in [1.82, 2.24) is 4.90 Å². The van der Waals surface area contributed by atoms with Crippen LogP contribution in [0.2, 0.25) is 0 Å². The number of ether oxygens (including phenoxy) is 1. The molecule has 0 aromatic heterocycles. The van der Waals surface area contributed by atoms with Crippen LogP contribution in [-0.2, 0) is 0 Å². The van der Waals surface area contributed by atoms with Crippen molar-refractivity contribution in [3.63, 3.8) is 0 Å². The number of rotatable bonds is 8. The molecule has 1 aliphatic carbocycles. The van der Waals surface area contributed by atoms with Gasteiger partial charge in [-0.15, -0.1) is 0 Å². The molecule has 0 unspecified atom stereocenters. The van der Waals surface area contributed by atoms with Crippen molar-refractivity contribution in [3.05, 3.63) is 101 Å². The molecule has 33 heavy (non-hydrogen) atoms. The molecule has 1 atom stereocenters. The van der Waals surface area contributed by atoms with Crippen LogP contribution in [0.25, 0.3) is 0 Å². The Morgan fingerprint density at radius 3 is 2.36 bits per heavy atom. The second-order valence-corrected chi connectivity index (χ2v) is 9.17. The van der Waals surface area contributed by atoms with Gasteiger partial charge in [-0.05, 0) is 48.9 Å². The van der Waals surface area contributed by atoms with E-state index in [1.807, 2.05) is 42.5 Å². The monoisotopic (exact) mass is 447 g/mol. The Labute approximate surface area is 193 Å². The second kappa shape index (κ2) is 9.06. The predicted molar refractivity (Wildman–Crippen MR) is 124 cm³/mol. The molecule has 2 fully saturated rings. The van der Waals surface area contributed by atoms with Gasteiger partial charge in [0.15, 0.2) is 5.78 Å². The summed E-state index contributed by atoms with van der Waals surface area (Å²) in [7, 11) is 0. The first kappa shape index (κ1) is 21.8. The number of likely N-dealkylation sites (tertiary alicyclic amines) is 1. The van der Waals surface area contributed by atoms with Crippen LogP contribution in [-0.4, -0.2) is 30.4 Å². The highest BCUT2D eigenvalue weighted by atomic mass is 19.1. The van der Waals surface area contributed by atoms with E-state index in [9.17, 15) is 13.6 Å². The van der Waals surface area contributed by atoms with Crippen molar-refractivity contribution in [1.29, 1.82) is 0 Å². The molecule has 1 heterocycles. The molecule has 3 aromatic carbocycles. The molecule has 5 rings (SSSR count). The molecule has 0 N–H and O–H groups in total. The fraction of sp³-hybridized carbons (Fsp3) is 0.321. The van der Waals surface area contributed by atoms with Gasteiger partial charge >= 0.3 is 0 Å². The van der Waals surface area contributed by atoms with Gasteiger partial charge in [0, 0.05) is 30.6 Å². The van der Waals surface area contributed by atoms with Crippen molar-refractivity contribution in [2.45, 2.75) is 31.7 Å². The van der Waals surface area contributed by atoms with E-state index in [0.29, 0.717) is 23.8 Å². The average Bonchev–Trinajstić information content (AvgIpc) is 3.62. The Morgan fingerprint density at radius 2 is 1.70 bits per heavy atom. The minimum Gasteiger partial charge on any atom is -0.493 e. The topological polar surface area (TPSA) is 29.5 Å². The maximum atomic E-state index is 14.7. The molecule has 0 amide bonds. The largest absolute Gasteiger partial charge is 0.493 e. The number of benzene rings is 3. The molecule has 1 aliphatic heterocycles. The summed E-state index contributed by atoms with van der Waals surface area (Å²) < 4.78 is 35.1. The molecule has 5 heteroatoms. The zero-order valence-electron chi connectivity index (χ0n) is 18.6. The maximum absolute atomic E-state index is 14.7. The quantitative estimate of drug-likeness (QED) is 0.388. The van der Waals surface area contributed by atoms with Gasteiger partial charge in [-0.2, -0.15) is 0 Å². The van der Waals surface area contributed by atoms with E-state index in [2.05, 4.69) is 4.90 Å². The van der Waals surface area contributed by atoms with E-state index >= 15 is 0 Å². The molecule has 170 valence electrons. The smallest absolute Gasteiger partial charge is 0.162 e. The Kier molecular flexibility index (Phi) is 5.98. The standard InChI is InChI=1S/C28H27F2NO2/c1-18(32)23-13-24(20-11-12-20)27(14-26(23)30)33-17-19-15-31(16-19)28(21-7-3-2-4-8-21)22-9-5-6-10-25(22)29/h2-10,13-14,19-20,28H,11-12,15-17H2,1H3/t28-/m1/s1. The van der Waals surface area contributed by atoms with Gasteiger partial charge < -0.3 is 4.74 Å². The number of hydrogen-bond acceptors (Lipinski definition) is 3. The first-order valence-corrected chi connectivity index (χ1v) is 11.5. The van der Waals surface area contributed by atoms with Crippen LogP contribution in [0.15, 0.2) is 66.7 Å². The van der Waals surface area contributed by atoms with Crippen molar-refractivity contribution in [2.75, 3.05) is 19.7 Å². The minimum absolute atomic E-state index is 0.134. The summed E-state index contributed by atoms with van der Waals surface area (Å²) in [5.41, 5.74) is 2.79. The van der Waals surface area contributed by atoms with E-state index in [4.69, 9.17) is 4.74 Å². The molecule has 0 radical (unpaired) electrons. The Hall–Kier alpha value is -3.05. The van der Waals surface area contributed by atoms with Crippen LogP contribution in [0, 0.1) is 17.6 Å². The van der Waals surface area contributed by atoms with Gasteiger partial charge in [-0.3, -0.25) is 9.69 Å². The maximum Gasteiger partial charge on any atom is 0.162 e. The zero-order chi connectivity index (χ0) is 22.9. The van der Waals surface area contributed by atoms with Gasteiger partial charge in [-0.25, -0.2) is 8.78 Å². The van der Waals surface area contributed by atoms with Crippen molar-refractivity contribution in [3.8, 4) is 5.75 Å². The van der Waals surface area contributed by atoms with E-state index in [1.54, 1.807) is 12.1 Å². The molecular weight excluding hydrogens is 420 g/mol. The van der Waals surface area contributed by atoms with Crippen molar-refractivity contribution in [2.24, 2.45) is 5.92 Å². The third kappa shape index (κ3) is 4.55. The SMILES string of the molecule is CC(=O)c1cc(C2CC2)c(OCC2CN([C@H](c3ccccc3)c3ccccc3F)C2)cc1F. The number of ketones is 1. The highest BCUT2D eigenvalue weighted by Crippen LogP contribution is 2.45. The van der Waals surface area contributed by atoms with Crippen molar-refractivity contribution < 1.29 is 18.3 Å². The molecular formula is C28H27F2NO2. The number of carbonyl (C=O) groups is 1. The molecule has 3 nitrogen and oxygen atoms in total. The summed E-state index contributed by atoms with van der Waals surface area (Å²) in [5.74, 6) is 0.163. The van der Waals surface area contributed by atoms with Crippen LogP contribution < -0.4 is 4.74 Å². The van der Waals surface area contributed by atoms with Crippen LogP contribution in [0.4, 0.5) is 8.78 Å². The van der Waals surface area contributed by atoms with Crippen LogP contribution in [0.5, 0.6) is 5.75 Å². The number of nitrogens with zero attached hydrogens (tertiary/aromatic N) is 1. The van der Waals surface area contributed by atoms with Gasteiger partial charge in [0.2, 0.25) is 0 Å². The van der Waals surface area contributed by atoms with Gasteiger partial charge in [0.1, 0.15) is 17.4 Å². The minimum atomic E-state index is -0.527. The first-order chi connectivity index (χ1) is 16.0. The summed E-state index contributed by atoms with van der Waals surface area (Å²) in [4.78, 5) is 14.0. The summed E-state index contributed by atoms with van der Waals surface area (Å²) in [6.07, 6.45) is 2.08. The lowest BCUT2D eigenvalue weighted by Gasteiger charge is -2.44. The fourth-order valence-corrected chi connectivity index (χ4v) is 4.73. The van der Waals surface area contributed by atoms with E-state index in [-0.39, 0.29) is 29.1 Å². The lowest BCUT2D eigenvalue weighted by atomic mass is 9.90. The summed E-state index contributed by atoms with van der Waals surface area (Å²) in [6.45, 7) is 3.38. The fourth-order valence-electron chi connectivity index (χ4n) is 4.73. The average molecular weight is 448 g/mol.